The number of aldehydes is 1. The number of hydrogen-bond donors (Lipinski definition) is 0. The summed E-state index contributed by atoms with van der Waals surface area (Å²) in [6.45, 7) is 0. The van der Waals surface area contributed by atoms with Gasteiger partial charge in [0.05, 0.1) is 0 Å². The quantitative estimate of drug-likeness (QED) is 0.528. The summed E-state index contributed by atoms with van der Waals surface area (Å²) in [4.78, 5) is 10.8. The van der Waals surface area contributed by atoms with Crippen LogP contribution in [0.5, 0.6) is 0 Å². The van der Waals surface area contributed by atoms with Crippen molar-refractivity contribution in [3.05, 3.63) is 41.5 Å². The fourth-order valence-corrected chi connectivity index (χ4v) is 1.89. The Balaban J connectivity index is 2.63. The molecule has 2 heteroatoms. The third-order valence-electron chi connectivity index (χ3n) is 2.05. The van der Waals surface area contributed by atoms with Gasteiger partial charge in [0, 0.05) is 0 Å². The van der Waals surface area contributed by atoms with E-state index in [0.717, 1.165) is 17.4 Å². The molecule has 0 heterocycles. The molecule has 0 bridgehead atoms. The van der Waals surface area contributed by atoms with E-state index >= 15 is 0 Å². The van der Waals surface area contributed by atoms with E-state index in [1.165, 1.54) is 0 Å². The van der Waals surface area contributed by atoms with Crippen molar-refractivity contribution < 1.29 is 4.79 Å². The summed E-state index contributed by atoms with van der Waals surface area (Å²) in [5, 5.41) is 0. The minimum Gasteiger partial charge on any atom is -0.301 e. The van der Waals surface area contributed by atoms with Crippen molar-refractivity contribution in [1.29, 1.82) is 0 Å². The van der Waals surface area contributed by atoms with Crippen LogP contribution in [0.15, 0.2) is 30.3 Å². The molecule has 0 radical (unpaired) electrons. The maximum absolute atomic E-state index is 10.8. The lowest BCUT2D eigenvalue weighted by molar-refractivity contribution is -0.108. The molecule has 2 rings (SSSR count). The normalized spacial score (nSPS) is 25.4. The van der Waals surface area contributed by atoms with Gasteiger partial charge >= 0.3 is 0 Å². The highest BCUT2D eigenvalue weighted by Crippen LogP contribution is 2.39. The summed E-state index contributed by atoms with van der Waals surface area (Å²) in [6, 6.07) is 7.86. The highest BCUT2D eigenvalue weighted by atomic mass is 79.9. The average Bonchev–Trinajstić information content (AvgIpc) is 2.46. The van der Waals surface area contributed by atoms with Crippen LogP contribution in [0.25, 0.3) is 6.08 Å². The first kappa shape index (κ1) is 7.74. The summed E-state index contributed by atoms with van der Waals surface area (Å²) >= 11 is 3.39. The molecule has 1 aliphatic carbocycles. The molecule has 1 nitrogen and oxygen atoms in total. The SMILES string of the molecule is O=CC1(Br)C=Cc2ccccc21. The van der Waals surface area contributed by atoms with E-state index in [4.69, 9.17) is 0 Å². The molecule has 0 aliphatic heterocycles. The molecule has 0 N–H and O–H groups in total. The summed E-state index contributed by atoms with van der Waals surface area (Å²) in [7, 11) is 0. The number of fused-ring (bicyclic) bond motifs is 1. The lowest BCUT2D eigenvalue weighted by Crippen LogP contribution is -2.13. The lowest BCUT2D eigenvalue weighted by atomic mass is 10.0. The van der Waals surface area contributed by atoms with Gasteiger partial charge in [0.2, 0.25) is 0 Å². The van der Waals surface area contributed by atoms with Gasteiger partial charge in [-0.05, 0) is 11.1 Å². The van der Waals surface area contributed by atoms with Gasteiger partial charge in [-0.25, -0.2) is 0 Å². The van der Waals surface area contributed by atoms with Crippen molar-refractivity contribution in [2.24, 2.45) is 0 Å². The lowest BCUT2D eigenvalue weighted by Gasteiger charge is -2.12. The molecule has 0 spiro atoms. The van der Waals surface area contributed by atoms with E-state index in [1.54, 1.807) is 0 Å². The molecule has 1 unspecified atom stereocenters. The predicted molar refractivity (Wildman–Crippen MR) is 52.1 cm³/mol. The Morgan fingerprint density at radius 3 is 2.83 bits per heavy atom. The number of benzene rings is 1. The van der Waals surface area contributed by atoms with Crippen LogP contribution < -0.4 is 0 Å². The molecular formula is C10H7BrO. The largest absolute Gasteiger partial charge is 0.301 e. The number of allylic oxidation sites excluding steroid dienone is 1. The maximum atomic E-state index is 10.8. The summed E-state index contributed by atoms with van der Waals surface area (Å²) in [6.07, 6.45) is 4.73. The standard InChI is InChI=1S/C10H7BrO/c11-10(7-12)6-5-8-3-1-2-4-9(8)10/h1-7H. The molecule has 0 saturated carbocycles. The monoisotopic (exact) mass is 222 g/mol. The second-order valence-electron chi connectivity index (χ2n) is 2.81. The second-order valence-corrected chi connectivity index (χ2v) is 4.12. The Morgan fingerprint density at radius 1 is 1.33 bits per heavy atom. The van der Waals surface area contributed by atoms with Gasteiger partial charge < -0.3 is 4.79 Å². The molecule has 1 atom stereocenters. The minimum atomic E-state index is -0.580. The maximum Gasteiger partial charge on any atom is 0.145 e. The molecule has 0 aromatic heterocycles. The predicted octanol–water partition coefficient (Wildman–Crippen LogP) is 2.50. The number of carbonyl (C=O) groups is 1. The van der Waals surface area contributed by atoms with Crippen molar-refractivity contribution >= 4 is 28.3 Å². The zero-order valence-electron chi connectivity index (χ0n) is 6.33. The molecule has 0 amide bonds. The van der Waals surface area contributed by atoms with Crippen LogP contribution in [-0.4, -0.2) is 6.29 Å². The van der Waals surface area contributed by atoms with E-state index in [9.17, 15) is 4.79 Å². The van der Waals surface area contributed by atoms with Crippen molar-refractivity contribution in [3.8, 4) is 0 Å². The summed E-state index contributed by atoms with van der Waals surface area (Å²) in [5.41, 5.74) is 2.14. The number of halogens is 1. The highest BCUT2D eigenvalue weighted by molar-refractivity contribution is 9.10. The van der Waals surface area contributed by atoms with Crippen LogP contribution in [0, 0.1) is 0 Å². The van der Waals surface area contributed by atoms with Crippen LogP contribution in [-0.2, 0) is 9.12 Å². The van der Waals surface area contributed by atoms with Gasteiger partial charge in [0.15, 0.2) is 0 Å². The van der Waals surface area contributed by atoms with Crippen LogP contribution >= 0.6 is 15.9 Å². The van der Waals surface area contributed by atoms with Crippen molar-refractivity contribution in [2.45, 2.75) is 4.32 Å². The average molecular weight is 223 g/mol. The number of rotatable bonds is 1. The van der Waals surface area contributed by atoms with E-state index in [1.807, 2.05) is 36.4 Å². The van der Waals surface area contributed by atoms with Crippen LogP contribution in [0.4, 0.5) is 0 Å². The first-order chi connectivity index (χ1) is 5.76. The van der Waals surface area contributed by atoms with E-state index in [0.29, 0.717) is 0 Å². The van der Waals surface area contributed by atoms with Crippen molar-refractivity contribution in [3.63, 3.8) is 0 Å². The molecule has 0 saturated heterocycles. The highest BCUT2D eigenvalue weighted by Gasteiger charge is 2.30. The third kappa shape index (κ3) is 0.950. The minimum absolute atomic E-state index is 0.580. The van der Waals surface area contributed by atoms with Gasteiger partial charge in [-0.1, -0.05) is 52.3 Å². The third-order valence-corrected chi connectivity index (χ3v) is 2.93. The zero-order valence-corrected chi connectivity index (χ0v) is 7.91. The number of carbonyl (C=O) groups excluding carboxylic acids is 1. The Kier molecular flexibility index (Phi) is 1.65. The fraction of sp³-hybridized carbons (Fsp3) is 0.100. The Morgan fingerprint density at radius 2 is 2.08 bits per heavy atom. The molecule has 60 valence electrons. The summed E-state index contributed by atoms with van der Waals surface area (Å²) < 4.78 is -0.580. The molecule has 1 aliphatic rings. The van der Waals surface area contributed by atoms with Crippen LogP contribution in [0.1, 0.15) is 11.1 Å². The van der Waals surface area contributed by atoms with Crippen molar-refractivity contribution in [2.75, 3.05) is 0 Å². The molecule has 12 heavy (non-hydrogen) atoms. The fourth-order valence-electron chi connectivity index (χ4n) is 1.39. The first-order valence-electron chi connectivity index (χ1n) is 3.70. The van der Waals surface area contributed by atoms with Crippen LogP contribution in [0.2, 0.25) is 0 Å². The molecule has 1 aromatic rings. The van der Waals surface area contributed by atoms with Crippen molar-refractivity contribution in [1.82, 2.24) is 0 Å². The smallest absolute Gasteiger partial charge is 0.145 e. The van der Waals surface area contributed by atoms with Crippen LogP contribution in [0.3, 0.4) is 0 Å². The Hall–Kier alpha value is -0.890. The second kappa shape index (κ2) is 2.56. The Bertz CT molecular complexity index is 357. The topological polar surface area (TPSA) is 17.1 Å². The Labute approximate surface area is 79.2 Å². The van der Waals surface area contributed by atoms with Gasteiger partial charge in [-0.15, -0.1) is 0 Å². The van der Waals surface area contributed by atoms with E-state index in [-0.39, 0.29) is 0 Å². The number of alkyl halides is 1. The van der Waals surface area contributed by atoms with E-state index < -0.39 is 4.32 Å². The van der Waals surface area contributed by atoms with E-state index in [2.05, 4.69) is 15.9 Å². The van der Waals surface area contributed by atoms with Gasteiger partial charge in [0.1, 0.15) is 10.6 Å². The first-order valence-corrected chi connectivity index (χ1v) is 4.49. The molecule has 1 aromatic carbocycles. The molecular weight excluding hydrogens is 216 g/mol. The zero-order chi connectivity index (χ0) is 8.60. The number of hydrogen-bond acceptors (Lipinski definition) is 1. The molecule has 0 fully saturated rings. The summed E-state index contributed by atoms with van der Waals surface area (Å²) in [5.74, 6) is 0. The van der Waals surface area contributed by atoms with Gasteiger partial charge in [-0.2, -0.15) is 0 Å². The van der Waals surface area contributed by atoms with Gasteiger partial charge in [0.25, 0.3) is 0 Å². The van der Waals surface area contributed by atoms with Gasteiger partial charge in [-0.3, -0.25) is 0 Å².